The van der Waals surface area contributed by atoms with Crippen molar-refractivity contribution in [2.75, 3.05) is 41.0 Å². The highest BCUT2D eigenvalue weighted by molar-refractivity contribution is 5.87. The highest BCUT2D eigenvalue weighted by Crippen LogP contribution is 2.41. The third-order valence-electron chi connectivity index (χ3n) is 10.1. The topological polar surface area (TPSA) is 202 Å². The van der Waals surface area contributed by atoms with Gasteiger partial charge in [0.15, 0.2) is 0 Å². The second-order valence-electron chi connectivity index (χ2n) is 14.4. The number of methoxy groups -OCH3 is 3. The van der Waals surface area contributed by atoms with E-state index in [0.29, 0.717) is 78.7 Å². The van der Waals surface area contributed by atoms with Gasteiger partial charge in [-0.3, -0.25) is 9.59 Å². The molecule has 4 aromatic rings. The molecule has 0 saturated carbocycles. The minimum Gasteiger partial charge on any atom is -0.457 e. The van der Waals surface area contributed by atoms with Crippen LogP contribution in [0.15, 0.2) is 42.7 Å². The zero-order valence-corrected chi connectivity index (χ0v) is 32.7. The molecule has 2 aromatic carbocycles. The van der Waals surface area contributed by atoms with E-state index in [-0.39, 0.29) is 30.4 Å². The minimum absolute atomic E-state index is 0.00200. The number of fused-ring (bicyclic) bond motifs is 2. The Hall–Kier alpha value is -5.97. The zero-order valence-electron chi connectivity index (χ0n) is 32.7. The van der Waals surface area contributed by atoms with Crippen LogP contribution in [0.2, 0.25) is 0 Å². The largest absolute Gasteiger partial charge is 0.457 e. The number of carbonyl (C=O) groups excluding carboxylic acids is 4. The molecule has 0 radical (unpaired) electrons. The highest BCUT2D eigenvalue weighted by Gasteiger charge is 2.36. The van der Waals surface area contributed by atoms with Gasteiger partial charge in [-0.1, -0.05) is 13.8 Å². The van der Waals surface area contributed by atoms with Crippen LogP contribution < -0.4 is 20.7 Å². The number of rotatable bonds is 15. The summed E-state index contributed by atoms with van der Waals surface area (Å²) in [7, 11) is 3.95. The van der Waals surface area contributed by atoms with Crippen molar-refractivity contribution in [3.8, 4) is 34.0 Å². The summed E-state index contributed by atoms with van der Waals surface area (Å²) in [5, 5.41) is 7.97. The minimum atomic E-state index is -0.896. The molecule has 0 spiro atoms. The second-order valence-corrected chi connectivity index (χ2v) is 14.4. The maximum Gasteiger partial charge on any atom is 0.407 e. The smallest absolute Gasteiger partial charge is 0.407 e. The van der Waals surface area contributed by atoms with E-state index in [1.807, 2.05) is 32.0 Å². The Morgan fingerprint density at radius 3 is 2.46 bits per heavy atom. The van der Waals surface area contributed by atoms with Crippen LogP contribution in [-0.2, 0) is 36.6 Å². The number of imidazole rings is 2. The number of hydrogen-bond donors (Lipinski definition) is 5. The number of aromatic amines is 2. The van der Waals surface area contributed by atoms with Crippen molar-refractivity contribution < 1.29 is 42.5 Å². The fraction of sp³-hybridized carbons (Fsp3) is 0.450. The summed E-state index contributed by atoms with van der Waals surface area (Å²) in [4.78, 5) is 66.8. The van der Waals surface area contributed by atoms with E-state index in [2.05, 4.69) is 45.4 Å². The van der Waals surface area contributed by atoms with Gasteiger partial charge >= 0.3 is 12.2 Å². The number of carbonyl (C=O) groups is 4. The van der Waals surface area contributed by atoms with Crippen molar-refractivity contribution in [2.24, 2.45) is 5.92 Å². The molecule has 1 fully saturated rings. The first-order chi connectivity index (χ1) is 27.5. The lowest BCUT2D eigenvalue weighted by atomic mass is 9.96. The van der Waals surface area contributed by atoms with Crippen LogP contribution in [0.25, 0.3) is 22.5 Å². The third kappa shape index (κ3) is 9.53. The summed E-state index contributed by atoms with van der Waals surface area (Å²) in [6.45, 7) is 4.63. The lowest BCUT2D eigenvalue weighted by Gasteiger charge is -2.27. The first-order valence-corrected chi connectivity index (χ1v) is 19.0. The number of unbranched alkanes of at least 4 members (excludes halogenated alkanes) is 1. The molecule has 2 aromatic heterocycles. The van der Waals surface area contributed by atoms with Crippen LogP contribution in [-0.4, -0.2) is 102 Å². The second kappa shape index (κ2) is 18.3. The van der Waals surface area contributed by atoms with Crippen LogP contribution in [0, 0.1) is 11.7 Å². The lowest BCUT2D eigenvalue weighted by molar-refractivity contribution is -0.135. The Labute approximate surface area is 329 Å². The number of aryl methyl sites for hydroxylation is 1. The molecule has 5 N–H and O–H groups in total. The number of halogens is 1. The first kappa shape index (κ1) is 40.7. The van der Waals surface area contributed by atoms with Crippen LogP contribution in [0.5, 0.6) is 11.5 Å². The number of H-pyrrole nitrogens is 2. The van der Waals surface area contributed by atoms with Gasteiger partial charge in [0.1, 0.15) is 41.0 Å². The number of benzene rings is 2. The molecule has 6 rings (SSSR count). The number of aromatic nitrogens is 4. The molecule has 16 nitrogen and oxygen atoms in total. The van der Waals surface area contributed by atoms with Crippen molar-refractivity contribution in [1.82, 2.24) is 40.8 Å². The Kier molecular flexibility index (Phi) is 13.1. The molecule has 17 heteroatoms. The average Bonchev–Trinajstić information content (AvgIpc) is 4.00. The van der Waals surface area contributed by atoms with Crippen LogP contribution in [0.4, 0.5) is 14.0 Å². The predicted molar refractivity (Wildman–Crippen MR) is 206 cm³/mol. The molecule has 2 aliphatic rings. The maximum atomic E-state index is 15.6. The summed E-state index contributed by atoms with van der Waals surface area (Å²) in [5.74, 6) is 1.49. The Bertz CT molecular complexity index is 2080. The maximum absolute atomic E-state index is 15.6. The molecule has 4 heterocycles. The molecule has 2 aliphatic heterocycles. The van der Waals surface area contributed by atoms with Crippen LogP contribution in [0.3, 0.4) is 0 Å². The lowest BCUT2D eigenvalue weighted by Crippen LogP contribution is -2.50. The van der Waals surface area contributed by atoms with Gasteiger partial charge in [0.05, 0.1) is 50.6 Å². The van der Waals surface area contributed by atoms with Crippen LogP contribution >= 0.6 is 0 Å². The van der Waals surface area contributed by atoms with Gasteiger partial charge in [0, 0.05) is 49.7 Å². The standard InChI is InChI=1S/C40H49FN8O8/c1-22(2)35(48-40(53)56-5)37(50)42-13-7-6-10-34-43-20-29(45-34)26-18-33-25(17-27(26)41)16-24-15-23(11-12-32(24)57-33)28-19-44-36(46-28)31-9-8-14-49(31)38(51)30(21-54-3)47-39(52)55-4/h11-12,15,17-20,22,30-31,35H,6-10,13-14,16,21H2,1-5H3,(H,42,50)(H,43,45)(H,44,46)(H,47,52)(H,48,53). The summed E-state index contributed by atoms with van der Waals surface area (Å²) in [6.07, 6.45) is 5.91. The number of alkyl carbamates (subject to hydrolysis) is 2. The van der Waals surface area contributed by atoms with Crippen molar-refractivity contribution in [3.05, 3.63) is 71.3 Å². The van der Waals surface area contributed by atoms with Crippen molar-refractivity contribution in [3.63, 3.8) is 0 Å². The molecule has 0 aliphatic carbocycles. The van der Waals surface area contributed by atoms with E-state index < -0.39 is 30.1 Å². The highest BCUT2D eigenvalue weighted by atomic mass is 19.1. The molecular formula is C40H49FN8O8. The molecule has 4 amide bonds. The van der Waals surface area contributed by atoms with E-state index in [0.717, 1.165) is 29.7 Å². The predicted octanol–water partition coefficient (Wildman–Crippen LogP) is 5.16. The fourth-order valence-corrected chi connectivity index (χ4v) is 7.14. The number of hydrogen-bond acceptors (Lipinski definition) is 10. The summed E-state index contributed by atoms with van der Waals surface area (Å²) < 4.78 is 36.4. The van der Waals surface area contributed by atoms with Gasteiger partial charge in [0.25, 0.3) is 0 Å². The molecule has 57 heavy (non-hydrogen) atoms. The molecule has 3 atom stereocenters. The molecular weight excluding hydrogens is 739 g/mol. The van der Waals surface area contributed by atoms with Gasteiger partial charge in [-0.2, -0.15) is 0 Å². The van der Waals surface area contributed by atoms with E-state index in [1.165, 1.54) is 27.4 Å². The molecule has 3 unspecified atom stereocenters. The normalized spacial score (nSPS) is 15.6. The third-order valence-corrected chi connectivity index (χ3v) is 10.1. The average molecular weight is 789 g/mol. The van der Waals surface area contributed by atoms with Crippen molar-refractivity contribution >= 4 is 24.0 Å². The summed E-state index contributed by atoms with van der Waals surface area (Å²) in [6, 6.07) is 7.08. The first-order valence-electron chi connectivity index (χ1n) is 19.0. The molecule has 304 valence electrons. The van der Waals surface area contributed by atoms with Crippen molar-refractivity contribution in [1.29, 1.82) is 0 Å². The number of ether oxygens (including phenoxy) is 4. The van der Waals surface area contributed by atoms with E-state index in [9.17, 15) is 19.2 Å². The van der Waals surface area contributed by atoms with Gasteiger partial charge < -0.3 is 49.8 Å². The number of nitrogens with one attached hydrogen (secondary N) is 5. The quantitative estimate of drug-likeness (QED) is 0.0883. The van der Waals surface area contributed by atoms with Gasteiger partial charge in [-0.25, -0.2) is 23.9 Å². The van der Waals surface area contributed by atoms with Gasteiger partial charge in [-0.15, -0.1) is 0 Å². The fourth-order valence-electron chi connectivity index (χ4n) is 7.14. The van der Waals surface area contributed by atoms with E-state index >= 15 is 4.39 Å². The van der Waals surface area contributed by atoms with Crippen molar-refractivity contribution in [2.45, 2.75) is 70.5 Å². The number of likely N-dealkylation sites (tertiary alicyclic amines) is 1. The van der Waals surface area contributed by atoms with E-state index in [4.69, 9.17) is 9.47 Å². The summed E-state index contributed by atoms with van der Waals surface area (Å²) >= 11 is 0. The van der Waals surface area contributed by atoms with Crippen LogP contribution in [0.1, 0.15) is 68.3 Å². The number of nitrogens with zero attached hydrogens (tertiary/aromatic N) is 3. The Morgan fingerprint density at radius 1 is 0.947 bits per heavy atom. The number of amides is 4. The van der Waals surface area contributed by atoms with E-state index in [1.54, 1.807) is 23.4 Å². The SMILES string of the molecule is COCC(NC(=O)OC)C(=O)N1CCCC1c1ncc(-c2ccc3c(c2)Cc2cc(F)c(-c4cnc(CCCCNC(=O)C(NC(=O)OC)C(C)C)[nH]4)cc2O3)[nH]1. The molecule has 1 saturated heterocycles. The molecule has 0 bridgehead atoms. The monoisotopic (exact) mass is 788 g/mol. The van der Waals surface area contributed by atoms with Gasteiger partial charge in [-0.05, 0) is 67.5 Å². The Balaban J connectivity index is 1.06. The zero-order chi connectivity index (χ0) is 40.6. The van der Waals surface area contributed by atoms with Gasteiger partial charge in [0.2, 0.25) is 11.8 Å². The Morgan fingerprint density at radius 2 is 1.70 bits per heavy atom. The summed E-state index contributed by atoms with van der Waals surface area (Å²) in [5.41, 5.74) is 4.09.